The van der Waals surface area contributed by atoms with Gasteiger partial charge in [0, 0.05) is 16.2 Å². The predicted octanol–water partition coefficient (Wildman–Crippen LogP) is 0.845. The number of hydrogen-bond donors (Lipinski definition) is 2. The SMILES string of the molecule is COc1ncc(Br)cc1[C@@H](N)CO. The molecule has 3 N–H and O–H groups in total. The molecule has 0 aliphatic heterocycles. The fraction of sp³-hybridized carbons (Fsp3) is 0.375. The molecule has 0 aliphatic carbocycles. The molecule has 0 bridgehead atoms. The number of hydrogen-bond acceptors (Lipinski definition) is 4. The van der Waals surface area contributed by atoms with Crippen LogP contribution in [0.2, 0.25) is 0 Å². The first kappa shape index (κ1) is 10.4. The Morgan fingerprint density at radius 1 is 1.77 bits per heavy atom. The average molecular weight is 247 g/mol. The normalized spacial score (nSPS) is 12.6. The van der Waals surface area contributed by atoms with E-state index in [2.05, 4.69) is 20.9 Å². The minimum Gasteiger partial charge on any atom is -0.481 e. The van der Waals surface area contributed by atoms with Crippen molar-refractivity contribution >= 4 is 15.9 Å². The smallest absolute Gasteiger partial charge is 0.217 e. The summed E-state index contributed by atoms with van der Waals surface area (Å²) in [6, 6.07) is 1.33. The maximum absolute atomic E-state index is 8.88. The second-order valence-electron chi connectivity index (χ2n) is 2.54. The van der Waals surface area contributed by atoms with Crippen LogP contribution in [0.5, 0.6) is 5.88 Å². The van der Waals surface area contributed by atoms with Crippen molar-refractivity contribution in [2.75, 3.05) is 13.7 Å². The molecule has 0 fully saturated rings. The second-order valence-corrected chi connectivity index (χ2v) is 3.46. The van der Waals surface area contributed by atoms with Gasteiger partial charge in [-0.1, -0.05) is 0 Å². The van der Waals surface area contributed by atoms with Gasteiger partial charge in [0.05, 0.1) is 19.8 Å². The van der Waals surface area contributed by atoms with E-state index in [1.54, 1.807) is 12.3 Å². The van der Waals surface area contributed by atoms with Crippen LogP contribution in [0.25, 0.3) is 0 Å². The summed E-state index contributed by atoms with van der Waals surface area (Å²) in [6.07, 6.45) is 1.62. The Labute approximate surface area is 84.9 Å². The molecule has 1 rings (SSSR count). The van der Waals surface area contributed by atoms with Crippen LogP contribution in [0.1, 0.15) is 11.6 Å². The average Bonchev–Trinajstić information content (AvgIpc) is 2.16. The van der Waals surface area contributed by atoms with Crippen molar-refractivity contribution in [2.45, 2.75) is 6.04 Å². The lowest BCUT2D eigenvalue weighted by atomic mass is 10.1. The fourth-order valence-corrected chi connectivity index (χ4v) is 1.33. The molecule has 1 aromatic heterocycles. The van der Waals surface area contributed by atoms with Gasteiger partial charge >= 0.3 is 0 Å². The highest BCUT2D eigenvalue weighted by Gasteiger charge is 2.12. The summed E-state index contributed by atoms with van der Waals surface area (Å²) in [4.78, 5) is 4.01. The quantitative estimate of drug-likeness (QED) is 0.830. The van der Waals surface area contributed by atoms with E-state index in [1.165, 1.54) is 7.11 Å². The van der Waals surface area contributed by atoms with E-state index >= 15 is 0 Å². The third kappa shape index (κ3) is 2.40. The van der Waals surface area contributed by atoms with E-state index in [1.807, 2.05) is 0 Å². The van der Waals surface area contributed by atoms with E-state index < -0.39 is 6.04 Å². The highest BCUT2D eigenvalue weighted by molar-refractivity contribution is 9.10. The zero-order valence-corrected chi connectivity index (χ0v) is 8.78. The van der Waals surface area contributed by atoms with Crippen LogP contribution in [-0.2, 0) is 0 Å². The molecule has 5 heteroatoms. The molecular formula is C8H11BrN2O2. The van der Waals surface area contributed by atoms with Crippen molar-refractivity contribution < 1.29 is 9.84 Å². The van der Waals surface area contributed by atoms with Crippen LogP contribution in [0.3, 0.4) is 0 Å². The molecule has 0 amide bonds. The van der Waals surface area contributed by atoms with Gasteiger partial charge in [0.2, 0.25) is 5.88 Å². The van der Waals surface area contributed by atoms with Crippen LogP contribution >= 0.6 is 15.9 Å². The van der Waals surface area contributed by atoms with Gasteiger partial charge in [0.25, 0.3) is 0 Å². The van der Waals surface area contributed by atoms with Crippen molar-refractivity contribution in [1.82, 2.24) is 4.98 Å². The molecule has 1 aromatic rings. The van der Waals surface area contributed by atoms with Gasteiger partial charge in [-0.3, -0.25) is 0 Å². The summed E-state index contributed by atoms with van der Waals surface area (Å²) >= 11 is 3.27. The van der Waals surface area contributed by atoms with Crippen LogP contribution < -0.4 is 10.5 Å². The van der Waals surface area contributed by atoms with Crippen LogP contribution in [0.4, 0.5) is 0 Å². The van der Waals surface area contributed by atoms with E-state index in [0.717, 1.165) is 4.47 Å². The van der Waals surface area contributed by atoms with Crippen LogP contribution in [0.15, 0.2) is 16.7 Å². The zero-order chi connectivity index (χ0) is 9.84. The summed E-state index contributed by atoms with van der Waals surface area (Å²) in [5, 5.41) is 8.88. The molecule has 13 heavy (non-hydrogen) atoms. The lowest BCUT2D eigenvalue weighted by Gasteiger charge is -2.12. The first-order chi connectivity index (χ1) is 6.19. The number of pyridine rings is 1. The highest BCUT2D eigenvalue weighted by atomic mass is 79.9. The lowest BCUT2D eigenvalue weighted by molar-refractivity contribution is 0.263. The van der Waals surface area contributed by atoms with Crippen molar-refractivity contribution in [3.8, 4) is 5.88 Å². The van der Waals surface area contributed by atoms with E-state index in [4.69, 9.17) is 15.6 Å². The van der Waals surface area contributed by atoms with Gasteiger partial charge in [-0.15, -0.1) is 0 Å². The first-order valence-electron chi connectivity index (χ1n) is 3.75. The summed E-state index contributed by atoms with van der Waals surface area (Å²) in [6.45, 7) is -0.130. The van der Waals surface area contributed by atoms with Gasteiger partial charge in [0.1, 0.15) is 0 Å². The monoisotopic (exact) mass is 246 g/mol. The Hall–Kier alpha value is -0.650. The summed E-state index contributed by atoms with van der Waals surface area (Å²) in [7, 11) is 1.52. The number of aliphatic hydroxyl groups excluding tert-OH is 1. The molecule has 0 spiro atoms. The Morgan fingerprint density at radius 3 is 3.00 bits per heavy atom. The number of aliphatic hydroxyl groups is 1. The molecule has 1 atom stereocenters. The first-order valence-corrected chi connectivity index (χ1v) is 4.54. The number of rotatable bonds is 3. The Bertz CT molecular complexity index is 293. The largest absolute Gasteiger partial charge is 0.481 e. The van der Waals surface area contributed by atoms with Gasteiger partial charge in [-0.2, -0.15) is 0 Å². The Morgan fingerprint density at radius 2 is 2.46 bits per heavy atom. The number of aromatic nitrogens is 1. The third-order valence-corrected chi connectivity index (χ3v) is 2.07. The molecular weight excluding hydrogens is 236 g/mol. The zero-order valence-electron chi connectivity index (χ0n) is 7.20. The van der Waals surface area contributed by atoms with Gasteiger partial charge in [-0.05, 0) is 22.0 Å². The molecule has 0 saturated carbocycles. The van der Waals surface area contributed by atoms with Crippen LogP contribution in [0, 0.1) is 0 Å². The minimum atomic E-state index is -0.458. The molecule has 72 valence electrons. The molecule has 1 heterocycles. The molecule has 0 saturated heterocycles. The van der Waals surface area contributed by atoms with Crippen LogP contribution in [-0.4, -0.2) is 23.8 Å². The van der Waals surface area contributed by atoms with E-state index in [9.17, 15) is 0 Å². The molecule has 0 aromatic carbocycles. The number of nitrogens with zero attached hydrogens (tertiary/aromatic N) is 1. The fourth-order valence-electron chi connectivity index (χ4n) is 0.977. The lowest BCUT2D eigenvalue weighted by Crippen LogP contribution is -2.16. The summed E-state index contributed by atoms with van der Waals surface area (Å²) in [5.41, 5.74) is 6.34. The number of ether oxygens (including phenoxy) is 1. The second kappa shape index (κ2) is 4.55. The van der Waals surface area contributed by atoms with Crippen molar-refractivity contribution in [2.24, 2.45) is 5.73 Å². The standard InChI is InChI=1S/C8H11BrN2O2/c1-13-8-6(7(10)4-12)2-5(9)3-11-8/h2-3,7,12H,4,10H2,1H3/t7-/m0/s1. The van der Waals surface area contributed by atoms with Gasteiger partial charge in [-0.25, -0.2) is 4.98 Å². The Balaban J connectivity index is 3.07. The highest BCUT2D eigenvalue weighted by Crippen LogP contribution is 2.24. The minimum absolute atomic E-state index is 0.130. The maximum atomic E-state index is 8.88. The van der Waals surface area contributed by atoms with E-state index in [0.29, 0.717) is 11.4 Å². The van der Waals surface area contributed by atoms with Crippen molar-refractivity contribution in [3.63, 3.8) is 0 Å². The molecule has 4 nitrogen and oxygen atoms in total. The molecule has 0 aliphatic rings. The molecule has 0 radical (unpaired) electrons. The van der Waals surface area contributed by atoms with Crippen molar-refractivity contribution in [3.05, 3.63) is 22.3 Å². The van der Waals surface area contributed by atoms with Gasteiger partial charge in [0.15, 0.2) is 0 Å². The topological polar surface area (TPSA) is 68.4 Å². The van der Waals surface area contributed by atoms with Gasteiger partial charge < -0.3 is 15.6 Å². The maximum Gasteiger partial charge on any atom is 0.217 e. The third-order valence-electron chi connectivity index (χ3n) is 1.63. The number of nitrogens with two attached hydrogens (primary N) is 1. The molecule has 0 unspecified atom stereocenters. The summed E-state index contributed by atoms with van der Waals surface area (Å²) in [5.74, 6) is 0.449. The summed E-state index contributed by atoms with van der Waals surface area (Å²) < 4.78 is 5.81. The predicted molar refractivity (Wildman–Crippen MR) is 52.5 cm³/mol. The van der Waals surface area contributed by atoms with Crippen molar-refractivity contribution in [1.29, 1.82) is 0 Å². The number of halogens is 1. The number of methoxy groups -OCH3 is 1. The Kier molecular flexibility index (Phi) is 3.65. The van der Waals surface area contributed by atoms with E-state index in [-0.39, 0.29) is 6.61 Å².